The maximum absolute atomic E-state index is 6.52. The lowest BCUT2D eigenvalue weighted by Crippen LogP contribution is -2.43. The lowest BCUT2D eigenvalue weighted by atomic mass is 10.1. The Bertz CT molecular complexity index is 462. The molecule has 1 atom stereocenters. The molecule has 0 aromatic heterocycles. The summed E-state index contributed by atoms with van der Waals surface area (Å²) >= 11 is 8.57. The van der Waals surface area contributed by atoms with Crippen LogP contribution in [0.25, 0.3) is 0 Å². The molecule has 1 fully saturated rings. The summed E-state index contributed by atoms with van der Waals surface area (Å²) in [6, 6.07) is 6.83. The molecule has 1 heterocycles. The first-order valence-corrected chi connectivity index (χ1v) is 8.71. The van der Waals surface area contributed by atoms with E-state index >= 15 is 0 Å². The van der Waals surface area contributed by atoms with Crippen molar-refractivity contribution in [2.75, 3.05) is 30.3 Å². The van der Waals surface area contributed by atoms with Gasteiger partial charge in [-0.1, -0.05) is 24.6 Å². The van der Waals surface area contributed by atoms with Crippen LogP contribution < -0.4 is 10.2 Å². The first-order valence-electron chi connectivity index (χ1n) is 7.34. The molecular formula is C16H25ClN2S. The van der Waals surface area contributed by atoms with Crippen molar-refractivity contribution >= 4 is 29.1 Å². The van der Waals surface area contributed by atoms with Crippen molar-refractivity contribution in [2.45, 2.75) is 38.5 Å². The van der Waals surface area contributed by atoms with Gasteiger partial charge >= 0.3 is 0 Å². The van der Waals surface area contributed by atoms with E-state index in [0.717, 1.165) is 24.7 Å². The zero-order valence-electron chi connectivity index (χ0n) is 12.9. The summed E-state index contributed by atoms with van der Waals surface area (Å²) in [4.78, 5) is 2.42. The van der Waals surface area contributed by atoms with E-state index in [1.165, 1.54) is 17.0 Å². The summed E-state index contributed by atoms with van der Waals surface area (Å²) in [6.07, 6.45) is 0. The molecule has 0 spiro atoms. The summed E-state index contributed by atoms with van der Waals surface area (Å²) in [5.41, 5.74) is 2.43. The highest BCUT2D eigenvalue weighted by atomic mass is 35.5. The maximum Gasteiger partial charge on any atom is 0.0642 e. The third-order valence-corrected chi connectivity index (χ3v) is 5.35. The Balaban J connectivity index is 2.17. The fourth-order valence-electron chi connectivity index (χ4n) is 2.70. The predicted molar refractivity (Wildman–Crippen MR) is 92.3 cm³/mol. The van der Waals surface area contributed by atoms with E-state index in [0.29, 0.717) is 10.8 Å². The molecule has 2 nitrogen and oxygen atoms in total. The standard InChI is InChI=1S/C16H25ClN2S/c1-5-18-12(2)13-6-7-15(14(17)10-13)19-8-9-20-16(3,4)11-19/h6-7,10,12,18H,5,8-9,11H2,1-4H3. The number of nitrogens with one attached hydrogen (secondary N) is 1. The highest BCUT2D eigenvalue weighted by Gasteiger charge is 2.28. The molecule has 1 aliphatic rings. The van der Waals surface area contributed by atoms with Gasteiger partial charge in [0.25, 0.3) is 0 Å². The Morgan fingerprint density at radius 2 is 2.20 bits per heavy atom. The molecule has 20 heavy (non-hydrogen) atoms. The predicted octanol–water partition coefficient (Wildman–Crippen LogP) is 4.34. The number of nitrogens with zero attached hydrogens (tertiary/aromatic N) is 1. The fraction of sp³-hybridized carbons (Fsp3) is 0.625. The molecule has 1 aromatic carbocycles. The number of hydrogen-bond acceptors (Lipinski definition) is 3. The SMILES string of the molecule is CCNC(C)c1ccc(N2CCSC(C)(C)C2)c(Cl)c1. The van der Waals surface area contributed by atoms with Gasteiger partial charge in [-0.2, -0.15) is 11.8 Å². The molecule has 0 radical (unpaired) electrons. The van der Waals surface area contributed by atoms with Gasteiger partial charge < -0.3 is 10.2 Å². The topological polar surface area (TPSA) is 15.3 Å². The zero-order chi connectivity index (χ0) is 14.8. The summed E-state index contributed by atoms with van der Waals surface area (Å²) < 4.78 is 0.303. The van der Waals surface area contributed by atoms with Crippen LogP contribution in [0.5, 0.6) is 0 Å². The van der Waals surface area contributed by atoms with Gasteiger partial charge in [0, 0.05) is 29.6 Å². The van der Waals surface area contributed by atoms with Gasteiger partial charge in [-0.25, -0.2) is 0 Å². The van der Waals surface area contributed by atoms with Gasteiger partial charge in [0.1, 0.15) is 0 Å². The molecule has 0 aliphatic carbocycles. The molecule has 1 saturated heterocycles. The van der Waals surface area contributed by atoms with E-state index in [9.17, 15) is 0 Å². The quantitative estimate of drug-likeness (QED) is 0.890. The first kappa shape index (κ1) is 16.0. The summed E-state index contributed by atoms with van der Waals surface area (Å²) in [6.45, 7) is 12.0. The molecule has 0 amide bonds. The second kappa shape index (κ2) is 6.59. The second-order valence-corrected chi connectivity index (χ2v) is 8.23. The highest BCUT2D eigenvalue weighted by Crippen LogP contribution is 2.36. The molecule has 0 bridgehead atoms. The summed E-state index contributed by atoms with van der Waals surface area (Å²) in [5.74, 6) is 1.17. The van der Waals surface area contributed by atoms with E-state index in [-0.39, 0.29) is 0 Å². The smallest absolute Gasteiger partial charge is 0.0642 e. The molecule has 1 unspecified atom stereocenters. The number of halogens is 1. The normalized spacial score (nSPS) is 19.9. The van der Waals surface area contributed by atoms with Crippen molar-refractivity contribution in [3.63, 3.8) is 0 Å². The minimum absolute atomic E-state index is 0.303. The Hall–Kier alpha value is -0.380. The highest BCUT2D eigenvalue weighted by molar-refractivity contribution is 8.00. The zero-order valence-corrected chi connectivity index (χ0v) is 14.4. The Kier molecular flexibility index (Phi) is 5.27. The maximum atomic E-state index is 6.52. The van der Waals surface area contributed by atoms with Gasteiger partial charge in [-0.05, 0) is 45.0 Å². The lowest BCUT2D eigenvalue weighted by molar-refractivity contribution is 0.598. The number of thioether (sulfide) groups is 1. The third-order valence-electron chi connectivity index (χ3n) is 3.75. The van der Waals surface area contributed by atoms with E-state index in [4.69, 9.17) is 11.6 Å². The van der Waals surface area contributed by atoms with Gasteiger partial charge in [-0.15, -0.1) is 0 Å². The minimum atomic E-state index is 0.303. The number of hydrogen-bond donors (Lipinski definition) is 1. The van der Waals surface area contributed by atoms with Crippen LogP contribution in [-0.2, 0) is 0 Å². The number of rotatable bonds is 4. The van der Waals surface area contributed by atoms with Gasteiger partial charge in [0.05, 0.1) is 10.7 Å². The van der Waals surface area contributed by atoms with Crippen molar-refractivity contribution in [3.05, 3.63) is 28.8 Å². The molecule has 1 N–H and O–H groups in total. The van der Waals surface area contributed by atoms with E-state index in [1.807, 2.05) is 11.8 Å². The van der Waals surface area contributed by atoms with Gasteiger partial charge in [0.15, 0.2) is 0 Å². The van der Waals surface area contributed by atoms with Crippen LogP contribution in [-0.4, -0.2) is 30.1 Å². The molecule has 2 rings (SSSR count). The Morgan fingerprint density at radius 1 is 1.45 bits per heavy atom. The van der Waals surface area contributed by atoms with Crippen LogP contribution in [0, 0.1) is 0 Å². The van der Waals surface area contributed by atoms with Crippen LogP contribution in [0.1, 0.15) is 39.3 Å². The van der Waals surface area contributed by atoms with E-state index in [1.54, 1.807) is 0 Å². The first-order chi connectivity index (χ1) is 9.43. The summed E-state index contributed by atoms with van der Waals surface area (Å²) in [7, 11) is 0. The van der Waals surface area contributed by atoms with Crippen LogP contribution in [0.2, 0.25) is 5.02 Å². The van der Waals surface area contributed by atoms with Crippen LogP contribution in [0.3, 0.4) is 0 Å². The minimum Gasteiger partial charge on any atom is -0.368 e. The average molecular weight is 313 g/mol. The largest absolute Gasteiger partial charge is 0.368 e. The molecule has 0 saturated carbocycles. The van der Waals surface area contributed by atoms with Crippen molar-refractivity contribution in [1.29, 1.82) is 0 Å². The average Bonchev–Trinajstić information content (AvgIpc) is 2.37. The van der Waals surface area contributed by atoms with Crippen LogP contribution >= 0.6 is 23.4 Å². The van der Waals surface area contributed by atoms with Crippen molar-refractivity contribution in [3.8, 4) is 0 Å². The number of anilines is 1. The Morgan fingerprint density at radius 3 is 2.80 bits per heavy atom. The van der Waals surface area contributed by atoms with E-state index < -0.39 is 0 Å². The second-order valence-electron chi connectivity index (χ2n) is 6.02. The van der Waals surface area contributed by atoms with Crippen LogP contribution in [0.4, 0.5) is 5.69 Å². The fourth-order valence-corrected chi connectivity index (χ4v) is 4.11. The van der Waals surface area contributed by atoms with Gasteiger partial charge in [-0.3, -0.25) is 0 Å². The monoisotopic (exact) mass is 312 g/mol. The molecular weight excluding hydrogens is 288 g/mol. The Labute approximate surface area is 132 Å². The molecule has 1 aromatic rings. The van der Waals surface area contributed by atoms with Crippen molar-refractivity contribution in [2.24, 2.45) is 0 Å². The number of benzene rings is 1. The third kappa shape index (κ3) is 3.84. The molecule has 112 valence electrons. The van der Waals surface area contributed by atoms with Gasteiger partial charge in [0.2, 0.25) is 0 Å². The molecule has 4 heteroatoms. The summed E-state index contributed by atoms with van der Waals surface area (Å²) in [5, 5.41) is 4.30. The van der Waals surface area contributed by atoms with Crippen molar-refractivity contribution < 1.29 is 0 Å². The van der Waals surface area contributed by atoms with E-state index in [2.05, 4.69) is 56.1 Å². The molecule has 1 aliphatic heterocycles. The lowest BCUT2D eigenvalue weighted by Gasteiger charge is -2.39. The van der Waals surface area contributed by atoms with Crippen molar-refractivity contribution in [1.82, 2.24) is 5.32 Å². The van der Waals surface area contributed by atoms with Crippen LogP contribution in [0.15, 0.2) is 18.2 Å².